The van der Waals surface area contributed by atoms with Crippen LogP contribution >= 0.6 is 0 Å². The van der Waals surface area contributed by atoms with Gasteiger partial charge in [0.2, 0.25) is 5.95 Å². The first kappa shape index (κ1) is 23.0. The van der Waals surface area contributed by atoms with Gasteiger partial charge in [0.1, 0.15) is 17.7 Å². The van der Waals surface area contributed by atoms with E-state index in [4.69, 9.17) is 4.74 Å². The van der Waals surface area contributed by atoms with Crippen molar-refractivity contribution in [3.63, 3.8) is 0 Å². The summed E-state index contributed by atoms with van der Waals surface area (Å²) >= 11 is 0. The summed E-state index contributed by atoms with van der Waals surface area (Å²) in [5.41, 5.74) is 2.69. The van der Waals surface area contributed by atoms with E-state index in [1.54, 1.807) is 30.7 Å². The third-order valence-corrected chi connectivity index (χ3v) is 6.32. The third-order valence-electron chi connectivity index (χ3n) is 6.32. The lowest BCUT2D eigenvalue weighted by molar-refractivity contribution is 0.195. The Bertz CT molecular complexity index is 1180. The molecule has 1 atom stereocenters. The van der Waals surface area contributed by atoms with Crippen LogP contribution in [0.1, 0.15) is 24.8 Å². The van der Waals surface area contributed by atoms with Gasteiger partial charge in [0, 0.05) is 30.6 Å². The predicted molar refractivity (Wildman–Crippen MR) is 134 cm³/mol. The van der Waals surface area contributed by atoms with Gasteiger partial charge >= 0.3 is 0 Å². The molecule has 2 aliphatic rings. The van der Waals surface area contributed by atoms with Gasteiger partial charge in [0.15, 0.2) is 0 Å². The van der Waals surface area contributed by atoms with E-state index >= 15 is 0 Å². The highest BCUT2D eigenvalue weighted by Crippen LogP contribution is 2.24. The monoisotopic (exact) mass is 471 g/mol. The Morgan fingerprint density at radius 3 is 2.66 bits per heavy atom. The molecule has 3 aromatic heterocycles. The molecule has 10 nitrogen and oxygen atoms in total. The number of rotatable bonds is 7. The minimum atomic E-state index is 0.176. The van der Waals surface area contributed by atoms with Gasteiger partial charge in [-0.05, 0) is 63.7 Å². The van der Waals surface area contributed by atoms with Crippen LogP contribution in [-0.4, -0.2) is 70.3 Å². The van der Waals surface area contributed by atoms with Gasteiger partial charge in [0.25, 0.3) is 0 Å². The van der Waals surface area contributed by atoms with Crippen LogP contribution in [0.3, 0.4) is 0 Å². The van der Waals surface area contributed by atoms with Crippen LogP contribution in [-0.2, 0) is 4.74 Å². The minimum absolute atomic E-state index is 0.176. The molecule has 0 aromatic carbocycles. The van der Waals surface area contributed by atoms with E-state index in [1.807, 2.05) is 12.1 Å². The molecule has 10 heteroatoms. The summed E-state index contributed by atoms with van der Waals surface area (Å²) < 4.78 is 5.40. The number of ether oxygens (including phenoxy) is 1. The third kappa shape index (κ3) is 5.82. The smallest absolute Gasteiger partial charge is 0.227 e. The van der Waals surface area contributed by atoms with Crippen molar-refractivity contribution in [2.45, 2.75) is 31.3 Å². The Kier molecular flexibility index (Phi) is 6.97. The SMILES string of the molecule is CN1CCC(Nc2ccc(Nc3nccc(-c4cnc(N[C@@H]5CCOC5)c(C#N)c4)n3)cn2)CC1. The van der Waals surface area contributed by atoms with Crippen LogP contribution in [0.25, 0.3) is 11.3 Å². The van der Waals surface area contributed by atoms with E-state index in [0.717, 1.165) is 56.0 Å². The number of likely N-dealkylation sites (tertiary alicyclic amines) is 1. The van der Waals surface area contributed by atoms with Crippen molar-refractivity contribution in [1.29, 1.82) is 5.26 Å². The van der Waals surface area contributed by atoms with Gasteiger partial charge in [-0.2, -0.15) is 5.26 Å². The number of aromatic nitrogens is 4. The van der Waals surface area contributed by atoms with Crippen LogP contribution in [0.15, 0.2) is 42.9 Å². The Morgan fingerprint density at radius 2 is 1.91 bits per heavy atom. The molecule has 5 heterocycles. The first-order valence-corrected chi connectivity index (χ1v) is 11.9. The van der Waals surface area contributed by atoms with Crippen molar-refractivity contribution in [3.8, 4) is 17.3 Å². The molecule has 0 spiro atoms. The van der Waals surface area contributed by atoms with Crippen molar-refractivity contribution in [3.05, 3.63) is 48.4 Å². The number of anilines is 4. The van der Waals surface area contributed by atoms with E-state index < -0.39 is 0 Å². The summed E-state index contributed by atoms with van der Waals surface area (Å²) in [5, 5.41) is 19.7. The molecule has 5 rings (SSSR count). The summed E-state index contributed by atoms with van der Waals surface area (Å²) in [6, 6.07) is 10.4. The molecule has 3 aromatic rings. The quantitative estimate of drug-likeness (QED) is 0.473. The second kappa shape index (κ2) is 10.6. The van der Waals surface area contributed by atoms with Crippen LogP contribution in [0.5, 0.6) is 0 Å². The lowest BCUT2D eigenvalue weighted by Gasteiger charge is -2.29. The van der Waals surface area contributed by atoms with E-state index in [1.165, 1.54) is 0 Å². The van der Waals surface area contributed by atoms with Crippen molar-refractivity contribution in [1.82, 2.24) is 24.8 Å². The Morgan fingerprint density at radius 1 is 1.03 bits per heavy atom. The Balaban J connectivity index is 1.25. The Hall–Kier alpha value is -3.81. The molecule has 35 heavy (non-hydrogen) atoms. The zero-order chi connectivity index (χ0) is 24.0. The number of hydrogen-bond acceptors (Lipinski definition) is 10. The van der Waals surface area contributed by atoms with Gasteiger partial charge in [-0.25, -0.2) is 19.9 Å². The van der Waals surface area contributed by atoms with Gasteiger partial charge in [-0.1, -0.05) is 0 Å². The lowest BCUT2D eigenvalue weighted by Crippen LogP contribution is -2.36. The summed E-state index contributed by atoms with van der Waals surface area (Å²) in [7, 11) is 2.16. The number of hydrogen-bond donors (Lipinski definition) is 3. The first-order chi connectivity index (χ1) is 17.2. The topological polar surface area (TPSA) is 124 Å². The molecule has 0 amide bonds. The fourth-order valence-corrected chi connectivity index (χ4v) is 4.27. The Labute approximate surface area is 204 Å². The van der Waals surface area contributed by atoms with Crippen LogP contribution in [0, 0.1) is 11.3 Å². The molecule has 0 radical (unpaired) electrons. The predicted octanol–water partition coefficient (Wildman–Crippen LogP) is 3.26. The molecule has 2 saturated heterocycles. The van der Waals surface area contributed by atoms with E-state index in [-0.39, 0.29) is 6.04 Å². The van der Waals surface area contributed by atoms with Crippen molar-refractivity contribution in [2.24, 2.45) is 0 Å². The number of nitriles is 1. The fraction of sp³-hybridized carbons (Fsp3) is 0.400. The second-order valence-electron chi connectivity index (χ2n) is 8.98. The molecule has 3 N–H and O–H groups in total. The van der Waals surface area contributed by atoms with Crippen molar-refractivity contribution >= 4 is 23.3 Å². The molecule has 0 unspecified atom stereocenters. The van der Waals surface area contributed by atoms with Gasteiger partial charge in [-0.15, -0.1) is 0 Å². The molecular weight excluding hydrogens is 442 g/mol. The average molecular weight is 472 g/mol. The van der Waals surface area contributed by atoms with E-state index in [2.05, 4.69) is 53.9 Å². The highest BCUT2D eigenvalue weighted by Gasteiger charge is 2.18. The fourth-order valence-electron chi connectivity index (χ4n) is 4.27. The van der Waals surface area contributed by atoms with Crippen molar-refractivity contribution < 1.29 is 4.74 Å². The van der Waals surface area contributed by atoms with Gasteiger partial charge < -0.3 is 25.6 Å². The summed E-state index contributed by atoms with van der Waals surface area (Å²) in [6.45, 7) is 3.55. The second-order valence-corrected chi connectivity index (χ2v) is 8.98. The standard InChI is InChI=1S/C25H29N9O/c1-34-9-5-19(6-10-34)30-23-3-2-20(15-28-23)32-25-27-8-4-22(33-25)18-12-17(13-26)24(29-14-18)31-21-7-11-35-16-21/h2-4,8,12,14-15,19,21H,5-7,9-11,16H2,1H3,(H,28,30)(H,29,31)(H,27,32,33)/t21-/m1/s1. The average Bonchev–Trinajstić information content (AvgIpc) is 3.40. The zero-order valence-corrected chi connectivity index (χ0v) is 19.7. The summed E-state index contributed by atoms with van der Waals surface area (Å²) in [5.74, 6) is 1.89. The molecule has 180 valence electrons. The molecule has 2 aliphatic heterocycles. The highest BCUT2D eigenvalue weighted by molar-refractivity contribution is 5.66. The van der Waals surface area contributed by atoms with E-state index in [0.29, 0.717) is 35.7 Å². The van der Waals surface area contributed by atoms with Crippen LogP contribution in [0.4, 0.5) is 23.3 Å². The first-order valence-electron chi connectivity index (χ1n) is 11.9. The summed E-state index contributed by atoms with van der Waals surface area (Å²) in [6.07, 6.45) is 8.31. The molecule has 0 aliphatic carbocycles. The normalized spacial score (nSPS) is 18.7. The maximum absolute atomic E-state index is 9.63. The maximum atomic E-state index is 9.63. The molecule has 0 bridgehead atoms. The largest absolute Gasteiger partial charge is 0.379 e. The maximum Gasteiger partial charge on any atom is 0.227 e. The number of nitrogens with one attached hydrogen (secondary N) is 3. The summed E-state index contributed by atoms with van der Waals surface area (Å²) in [4.78, 5) is 20.3. The van der Waals surface area contributed by atoms with Crippen LogP contribution < -0.4 is 16.0 Å². The van der Waals surface area contributed by atoms with Gasteiger partial charge in [0.05, 0.1) is 35.8 Å². The lowest BCUT2D eigenvalue weighted by atomic mass is 10.1. The van der Waals surface area contributed by atoms with Crippen LogP contribution in [0.2, 0.25) is 0 Å². The number of piperidine rings is 1. The van der Waals surface area contributed by atoms with Gasteiger partial charge in [-0.3, -0.25) is 0 Å². The molecule has 0 saturated carbocycles. The molecule has 2 fully saturated rings. The highest BCUT2D eigenvalue weighted by atomic mass is 16.5. The molecular formula is C25H29N9O. The zero-order valence-electron chi connectivity index (χ0n) is 19.7. The number of nitrogens with zero attached hydrogens (tertiary/aromatic N) is 6. The van der Waals surface area contributed by atoms with E-state index in [9.17, 15) is 5.26 Å². The number of pyridine rings is 2. The van der Waals surface area contributed by atoms with Crippen molar-refractivity contribution in [2.75, 3.05) is 49.3 Å². The minimum Gasteiger partial charge on any atom is -0.379 e.